The van der Waals surface area contributed by atoms with Gasteiger partial charge in [-0.3, -0.25) is 9.59 Å². The predicted octanol–water partition coefficient (Wildman–Crippen LogP) is 4.45. The van der Waals surface area contributed by atoms with Gasteiger partial charge in [0.05, 0.1) is 22.1 Å². The molecule has 0 saturated heterocycles. The Morgan fingerprint density at radius 3 is 1.92 bits per heavy atom. The molecule has 4 N–H and O–H groups in total. The Hall–Kier alpha value is -2.53. The smallest absolute Gasteiger partial charge is 0.224 e. The molecule has 2 aromatic rings. The molecule has 0 saturated carbocycles. The van der Waals surface area contributed by atoms with Crippen LogP contribution in [0.3, 0.4) is 0 Å². The zero-order valence-corrected chi connectivity index (χ0v) is 14.7. The third kappa shape index (κ3) is 6.47. The number of para-hydroxylation sites is 3. The normalized spacial score (nSPS) is 10.3. The molecule has 2 aromatic carbocycles. The van der Waals surface area contributed by atoms with Crippen molar-refractivity contribution in [1.29, 1.82) is 0 Å². The van der Waals surface area contributed by atoms with E-state index >= 15 is 0 Å². The van der Waals surface area contributed by atoms with Crippen molar-refractivity contribution in [1.82, 2.24) is 0 Å². The minimum absolute atomic E-state index is 0.0709. The van der Waals surface area contributed by atoms with Crippen LogP contribution in [0.4, 0.5) is 17.1 Å². The van der Waals surface area contributed by atoms with E-state index in [9.17, 15) is 9.59 Å². The highest BCUT2D eigenvalue weighted by Crippen LogP contribution is 2.21. The Morgan fingerprint density at radius 1 is 0.800 bits per heavy atom. The number of hydrogen-bond donors (Lipinski definition) is 3. The molecule has 0 heterocycles. The first-order chi connectivity index (χ1) is 12.1. The summed E-state index contributed by atoms with van der Waals surface area (Å²) < 4.78 is 0. The molecule has 0 bridgehead atoms. The quantitative estimate of drug-likeness (QED) is 0.481. The fourth-order valence-corrected chi connectivity index (χ4v) is 2.53. The maximum atomic E-state index is 11.9. The molecule has 0 aliphatic heterocycles. The third-order valence-corrected chi connectivity index (χ3v) is 4.02. The molecule has 5 nitrogen and oxygen atoms in total. The molecule has 0 fully saturated rings. The fraction of sp³-hybridized carbons (Fsp3) is 0.263. The number of nitrogens with two attached hydrogens (primary N) is 1. The summed E-state index contributed by atoms with van der Waals surface area (Å²) >= 11 is 6.00. The molecule has 0 spiro atoms. The van der Waals surface area contributed by atoms with Crippen molar-refractivity contribution in [3.63, 3.8) is 0 Å². The molecular formula is C19H22ClN3O2. The van der Waals surface area contributed by atoms with E-state index in [1.165, 1.54) is 0 Å². The van der Waals surface area contributed by atoms with Gasteiger partial charge in [-0.1, -0.05) is 42.3 Å². The van der Waals surface area contributed by atoms with Gasteiger partial charge in [0.2, 0.25) is 11.8 Å². The number of hydrogen-bond acceptors (Lipinski definition) is 3. The van der Waals surface area contributed by atoms with E-state index in [1.807, 2.05) is 24.3 Å². The van der Waals surface area contributed by atoms with E-state index in [1.54, 1.807) is 24.3 Å². The average Bonchev–Trinajstić information content (AvgIpc) is 2.59. The Morgan fingerprint density at radius 2 is 1.32 bits per heavy atom. The first-order valence-electron chi connectivity index (χ1n) is 8.25. The summed E-state index contributed by atoms with van der Waals surface area (Å²) in [6, 6.07) is 14.3. The van der Waals surface area contributed by atoms with Crippen molar-refractivity contribution in [2.24, 2.45) is 0 Å². The molecule has 0 atom stereocenters. The van der Waals surface area contributed by atoms with Crippen LogP contribution in [-0.4, -0.2) is 11.8 Å². The van der Waals surface area contributed by atoms with Crippen molar-refractivity contribution in [3.05, 3.63) is 53.6 Å². The van der Waals surface area contributed by atoms with Crippen LogP contribution in [0.2, 0.25) is 5.02 Å². The summed E-state index contributed by atoms with van der Waals surface area (Å²) in [5.41, 5.74) is 7.58. The van der Waals surface area contributed by atoms with E-state index in [0.717, 1.165) is 19.3 Å². The number of nitrogens with one attached hydrogen (secondary N) is 2. The number of carbonyl (C=O) groups excluding carboxylic acids is 2. The number of benzene rings is 2. The largest absolute Gasteiger partial charge is 0.397 e. The number of halogens is 1. The molecule has 0 radical (unpaired) electrons. The first kappa shape index (κ1) is 18.8. The SMILES string of the molecule is Nc1ccccc1NC(=O)CCCCCC(=O)Nc1ccccc1Cl. The van der Waals surface area contributed by atoms with Crippen LogP contribution in [0.1, 0.15) is 32.1 Å². The third-order valence-electron chi connectivity index (χ3n) is 3.69. The van der Waals surface area contributed by atoms with Crippen molar-refractivity contribution in [2.75, 3.05) is 16.4 Å². The second-order valence-corrected chi connectivity index (χ2v) is 6.13. The average molecular weight is 360 g/mol. The van der Waals surface area contributed by atoms with Crippen molar-refractivity contribution in [2.45, 2.75) is 32.1 Å². The number of carbonyl (C=O) groups is 2. The van der Waals surface area contributed by atoms with Gasteiger partial charge < -0.3 is 16.4 Å². The fourth-order valence-electron chi connectivity index (χ4n) is 2.35. The topological polar surface area (TPSA) is 84.2 Å². The lowest BCUT2D eigenvalue weighted by atomic mass is 10.1. The number of unbranched alkanes of at least 4 members (excludes halogenated alkanes) is 2. The molecule has 0 aromatic heterocycles. The second kappa shape index (κ2) is 9.69. The summed E-state index contributed by atoms with van der Waals surface area (Å²) in [5.74, 6) is -0.145. The monoisotopic (exact) mass is 359 g/mol. The molecule has 2 rings (SSSR count). The molecule has 0 unspecified atom stereocenters. The molecule has 6 heteroatoms. The lowest BCUT2D eigenvalue weighted by Crippen LogP contribution is -2.13. The Kier molecular flexibility index (Phi) is 7.29. The predicted molar refractivity (Wildman–Crippen MR) is 103 cm³/mol. The van der Waals surface area contributed by atoms with E-state index in [4.69, 9.17) is 17.3 Å². The molecule has 2 amide bonds. The van der Waals surface area contributed by atoms with Gasteiger partial charge in [-0.25, -0.2) is 0 Å². The Balaban J connectivity index is 1.61. The van der Waals surface area contributed by atoms with Gasteiger partial charge in [-0.15, -0.1) is 0 Å². The van der Waals surface area contributed by atoms with Crippen LogP contribution in [0.25, 0.3) is 0 Å². The molecular weight excluding hydrogens is 338 g/mol. The highest BCUT2D eigenvalue weighted by atomic mass is 35.5. The van der Waals surface area contributed by atoms with Gasteiger partial charge in [0.1, 0.15) is 0 Å². The van der Waals surface area contributed by atoms with Gasteiger partial charge in [0.15, 0.2) is 0 Å². The molecule has 132 valence electrons. The Labute approximate surface area is 152 Å². The minimum Gasteiger partial charge on any atom is -0.397 e. The zero-order chi connectivity index (χ0) is 18.1. The van der Waals surface area contributed by atoms with Gasteiger partial charge in [0.25, 0.3) is 0 Å². The second-order valence-electron chi connectivity index (χ2n) is 5.72. The number of nitrogen functional groups attached to an aromatic ring is 1. The van der Waals surface area contributed by atoms with E-state index < -0.39 is 0 Å². The van der Waals surface area contributed by atoms with Crippen molar-refractivity contribution < 1.29 is 9.59 Å². The summed E-state index contributed by atoms with van der Waals surface area (Å²) in [6.45, 7) is 0. The van der Waals surface area contributed by atoms with E-state index in [0.29, 0.717) is 34.9 Å². The van der Waals surface area contributed by atoms with Crippen LogP contribution in [-0.2, 0) is 9.59 Å². The molecule has 25 heavy (non-hydrogen) atoms. The maximum Gasteiger partial charge on any atom is 0.224 e. The van der Waals surface area contributed by atoms with Gasteiger partial charge in [-0.05, 0) is 37.1 Å². The van der Waals surface area contributed by atoms with Gasteiger partial charge in [-0.2, -0.15) is 0 Å². The standard InChI is InChI=1S/C19H22ClN3O2/c20-14-8-4-6-10-16(14)22-18(24)12-2-1-3-13-19(25)23-17-11-7-5-9-15(17)21/h4-11H,1-3,12-13,21H2,(H,22,24)(H,23,25). The van der Waals surface area contributed by atoms with Crippen LogP contribution in [0.5, 0.6) is 0 Å². The van der Waals surface area contributed by atoms with Gasteiger partial charge in [0, 0.05) is 12.8 Å². The summed E-state index contributed by atoms with van der Waals surface area (Å²) in [7, 11) is 0. The lowest BCUT2D eigenvalue weighted by molar-refractivity contribution is -0.116. The van der Waals surface area contributed by atoms with E-state index in [2.05, 4.69) is 10.6 Å². The number of amides is 2. The first-order valence-corrected chi connectivity index (χ1v) is 8.63. The summed E-state index contributed by atoms with van der Waals surface area (Å²) in [4.78, 5) is 23.8. The zero-order valence-electron chi connectivity index (χ0n) is 13.9. The highest BCUT2D eigenvalue weighted by molar-refractivity contribution is 6.33. The molecule has 0 aliphatic rings. The minimum atomic E-state index is -0.0744. The van der Waals surface area contributed by atoms with Crippen LogP contribution < -0.4 is 16.4 Å². The maximum absolute atomic E-state index is 11.9. The number of anilines is 3. The molecule has 0 aliphatic carbocycles. The van der Waals surface area contributed by atoms with Crippen molar-refractivity contribution >= 4 is 40.5 Å². The highest BCUT2D eigenvalue weighted by Gasteiger charge is 2.07. The summed E-state index contributed by atoms with van der Waals surface area (Å²) in [6.07, 6.45) is 3.04. The van der Waals surface area contributed by atoms with Crippen LogP contribution in [0, 0.1) is 0 Å². The summed E-state index contributed by atoms with van der Waals surface area (Å²) in [5, 5.41) is 6.10. The van der Waals surface area contributed by atoms with Crippen LogP contribution >= 0.6 is 11.6 Å². The van der Waals surface area contributed by atoms with Crippen molar-refractivity contribution in [3.8, 4) is 0 Å². The van der Waals surface area contributed by atoms with Gasteiger partial charge >= 0.3 is 0 Å². The lowest BCUT2D eigenvalue weighted by Gasteiger charge is -2.08. The number of rotatable bonds is 8. The van der Waals surface area contributed by atoms with Crippen LogP contribution in [0.15, 0.2) is 48.5 Å². The van der Waals surface area contributed by atoms with E-state index in [-0.39, 0.29) is 11.8 Å². The Bertz CT molecular complexity index is 673.